The van der Waals surface area contributed by atoms with Crippen LogP contribution in [0.2, 0.25) is 0 Å². The number of hydrogen-bond donors (Lipinski definition) is 3. The van der Waals surface area contributed by atoms with Crippen molar-refractivity contribution in [2.75, 3.05) is 77.8 Å². The number of nitrogens with zero attached hydrogens (tertiary/aromatic N) is 6. The molecule has 0 spiro atoms. The van der Waals surface area contributed by atoms with Crippen molar-refractivity contribution in [2.24, 2.45) is 0 Å². The van der Waals surface area contributed by atoms with Crippen LogP contribution in [-0.4, -0.2) is 162 Å². The summed E-state index contributed by atoms with van der Waals surface area (Å²) in [6.45, 7) is 5.55. The number of piperazine rings is 1. The van der Waals surface area contributed by atoms with Crippen molar-refractivity contribution < 1.29 is 34.2 Å². The number of aromatic hydroxyl groups is 1. The van der Waals surface area contributed by atoms with Gasteiger partial charge in [0, 0.05) is 90.1 Å². The second-order valence-electron chi connectivity index (χ2n) is 14.4. The van der Waals surface area contributed by atoms with Gasteiger partial charge >= 0.3 is 12.1 Å². The Morgan fingerprint density at radius 1 is 0.962 bits per heavy atom. The summed E-state index contributed by atoms with van der Waals surface area (Å²) in [6.07, 6.45) is 2.34. The first-order chi connectivity index (χ1) is 25.0. The van der Waals surface area contributed by atoms with Gasteiger partial charge in [0.1, 0.15) is 13.6 Å². The van der Waals surface area contributed by atoms with Crippen molar-refractivity contribution in [3.8, 4) is 5.75 Å². The molecule has 0 aromatic heterocycles. The highest BCUT2D eigenvalue weighted by atomic mass is 79.9. The standard InChI is InChI=1S/C36H49BBrN7O7/c1-40(51)32(46)23-41-11-7-26(8-12-41)42-16-18-43(19-17-42)34(48)31(22-24-20-28(37)33(47)29(38)21-24)52-36(50)44-13-9-27(10-14-44)45-15-6-25-4-2-3-5-30(25)39-35(45)49/h2-5,20-21,26-27,31,47,51H,6-19,22-23,37H2,1H3,(H,39,49)/t31-/m1/s1. The second kappa shape index (κ2) is 16.9. The monoisotopic (exact) mass is 781 g/mol. The molecule has 0 aliphatic carbocycles. The SMILES string of the molecule is Bc1cc(C[C@@H](OC(=O)N2CCC(N3CCc4ccccc4NC3=O)CC2)C(=O)N2CCN(C3CCN(CC(=O)N(C)O)CC3)CC2)cc(Br)c1O. The molecule has 280 valence electrons. The summed E-state index contributed by atoms with van der Waals surface area (Å²) in [5.41, 5.74) is 3.36. The summed E-state index contributed by atoms with van der Waals surface area (Å²) in [6, 6.07) is 11.6. The number of anilines is 1. The molecular formula is C36H49BBrN7O7. The number of phenols is 1. The Hall–Kier alpha value is -3.86. The molecule has 4 aliphatic rings. The average molecular weight is 783 g/mol. The number of ether oxygens (including phenoxy) is 1. The van der Waals surface area contributed by atoms with Gasteiger partial charge in [-0.3, -0.25) is 24.6 Å². The minimum Gasteiger partial charge on any atom is -0.507 e. The molecular weight excluding hydrogens is 733 g/mol. The van der Waals surface area contributed by atoms with E-state index in [1.165, 1.54) is 7.05 Å². The molecule has 3 saturated heterocycles. The van der Waals surface area contributed by atoms with Crippen LogP contribution in [0.3, 0.4) is 0 Å². The Morgan fingerprint density at radius 3 is 2.31 bits per heavy atom. The van der Waals surface area contributed by atoms with Gasteiger partial charge in [0.2, 0.25) is 0 Å². The van der Waals surface area contributed by atoms with E-state index in [1.807, 2.05) is 29.2 Å². The van der Waals surface area contributed by atoms with Crippen LogP contribution < -0.4 is 10.8 Å². The van der Waals surface area contributed by atoms with E-state index in [0.29, 0.717) is 79.7 Å². The minimum atomic E-state index is -1.05. The number of benzene rings is 2. The number of carbonyl (C=O) groups excluding carboxylic acids is 4. The molecule has 14 nitrogen and oxygen atoms in total. The van der Waals surface area contributed by atoms with E-state index in [-0.39, 0.29) is 42.6 Å². The smallest absolute Gasteiger partial charge is 0.410 e. The van der Waals surface area contributed by atoms with Crippen molar-refractivity contribution in [2.45, 2.75) is 56.7 Å². The highest BCUT2D eigenvalue weighted by Crippen LogP contribution is 2.27. The lowest BCUT2D eigenvalue weighted by Crippen LogP contribution is -2.57. The lowest BCUT2D eigenvalue weighted by Gasteiger charge is -2.43. The van der Waals surface area contributed by atoms with Gasteiger partial charge in [-0.05, 0) is 76.8 Å². The van der Waals surface area contributed by atoms with Crippen molar-refractivity contribution in [1.29, 1.82) is 0 Å². The number of rotatable bonds is 8. The third-order valence-electron chi connectivity index (χ3n) is 11.0. The normalized spacial score (nSPS) is 20.1. The minimum absolute atomic E-state index is 0.0126. The predicted molar refractivity (Wildman–Crippen MR) is 201 cm³/mol. The Kier molecular flexibility index (Phi) is 12.3. The first-order valence-electron chi connectivity index (χ1n) is 18.3. The van der Waals surface area contributed by atoms with Crippen LogP contribution in [-0.2, 0) is 27.2 Å². The number of halogens is 1. The summed E-state index contributed by atoms with van der Waals surface area (Å²) < 4.78 is 6.55. The average Bonchev–Trinajstić information content (AvgIpc) is 3.31. The van der Waals surface area contributed by atoms with E-state index in [0.717, 1.165) is 49.2 Å². The van der Waals surface area contributed by atoms with Gasteiger partial charge in [0.25, 0.3) is 11.8 Å². The summed E-state index contributed by atoms with van der Waals surface area (Å²) in [4.78, 5) is 62.5. The van der Waals surface area contributed by atoms with Gasteiger partial charge in [-0.1, -0.05) is 24.3 Å². The van der Waals surface area contributed by atoms with Crippen LogP contribution in [0.15, 0.2) is 40.9 Å². The largest absolute Gasteiger partial charge is 0.507 e. The van der Waals surface area contributed by atoms with Crippen LogP contribution in [0.5, 0.6) is 5.75 Å². The van der Waals surface area contributed by atoms with E-state index in [4.69, 9.17) is 4.74 Å². The zero-order chi connectivity index (χ0) is 36.9. The number of carbonyl (C=O) groups is 4. The fraction of sp³-hybridized carbons (Fsp3) is 0.556. The predicted octanol–water partition coefficient (Wildman–Crippen LogP) is 1.47. The highest BCUT2D eigenvalue weighted by molar-refractivity contribution is 9.10. The van der Waals surface area contributed by atoms with E-state index >= 15 is 0 Å². The molecule has 1 atom stereocenters. The topological polar surface area (TPSA) is 149 Å². The molecule has 0 bridgehead atoms. The van der Waals surface area contributed by atoms with Crippen LogP contribution in [0.4, 0.5) is 15.3 Å². The van der Waals surface area contributed by atoms with E-state index in [2.05, 4.69) is 31.0 Å². The molecule has 0 unspecified atom stereocenters. The van der Waals surface area contributed by atoms with Crippen LogP contribution in [0, 0.1) is 0 Å². The number of hydroxylamine groups is 2. The van der Waals surface area contributed by atoms with E-state index < -0.39 is 12.2 Å². The number of hydrogen-bond acceptors (Lipinski definition) is 9. The maximum Gasteiger partial charge on any atom is 0.410 e. The third kappa shape index (κ3) is 9.01. The zero-order valence-corrected chi connectivity index (χ0v) is 31.6. The Morgan fingerprint density at radius 2 is 1.63 bits per heavy atom. The lowest BCUT2D eigenvalue weighted by atomic mass is 9.91. The van der Waals surface area contributed by atoms with Gasteiger partial charge in [-0.2, -0.15) is 0 Å². The molecule has 4 heterocycles. The van der Waals surface area contributed by atoms with Gasteiger partial charge in [0.05, 0.1) is 11.0 Å². The molecule has 0 saturated carbocycles. The Balaban J connectivity index is 1.05. The fourth-order valence-electron chi connectivity index (χ4n) is 7.86. The van der Waals surface area contributed by atoms with Crippen LogP contribution >= 0.6 is 15.9 Å². The summed E-state index contributed by atoms with van der Waals surface area (Å²) in [5, 5.41) is 23.4. The number of likely N-dealkylation sites (tertiary alicyclic amines) is 2. The first kappa shape index (κ1) is 37.9. The number of phenolic OH excluding ortho intramolecular Hbond substituents is 1. The maximum absolute atomic E-state index is 14.1. The Labute approximate surface area is 314 Å². The molecule has 5 amide bonds. The molecule has 3 fully saturated rings. The third-order valence-corrected chi connectivity index (χ3v) is 11.6. The molecule has 6 rings (SSSR count). The van der Waals surface area contributed by atoms with Crippen molar-refractivity contribution in [3.05, 3.63) is 52.0 Å². The highest BCUT2D eigenvalue weighted by Gasteiger charge is 2.36. The van der Waals surface area contributed by atoms with Crippen LogP contribution in [0.25, 0.3) is 0 Å². The summed E-state index contributed by atoms with van der Waals surface area (Å²) >= 11 is 3.40. The number of likely N-dealkylation sites (N-methyl/N-ethyl adjacent to an activating group) is 1. The molecule has 0 radical (unpaired) electrons. The molecule has 52 heavy (non-hydrogen) atoms. The van der Waals surface area contributed by atoms with E-state index in [1.54, 1.807) is 29.8 Å². The van der Waals surface area contributed by atoms with Crippen LogP contribution in [0.1, 0.15) is 36.8 Å². The molecule has 4 aliphatic heterocycles. The van der Waals surface area contributed by atoms with Gasteiger partial charge < -0.3 is 29.9 Å². The number of amides is 5. The van der Waals surface area contributed by atoms with Crippen molar-refractivity contribution >= 4 is 58.9 Å². The molecule has 2 aromatic carbocycles. The van der Waals surface area contributed by atoms with Gasteiger partial charge in [-0.15, -0.1) is 0 Å². The molecule has 2 aromatic rings. The van der Waals surface area contributed by atoms with Gasteiger partial charge in [-0.25, -0.2) is 14.7 Å². The number of urea groups is 1. The quantitative estimate of drug-likeness (QED) is 0.206. The summed E-state index contributed by atoms with van der Waals surface area (Å²) in [5.74, 6) is -0.441. The second-order valence-corrected chi connectivity index (χ2v) is 15.2. The molecule has 3 N–H and O–H groups in total. The number of fused-ring (bicyclic) bond motifs is 1. The lowest BCUT2D eigenvalue weighted by molar-refractivity contribution is -0.160. The van der Waals surface area contributed by atoms with Crippen molar-refractivity contribution in [3.63, 3.8) is 0 Å². The van der Waals surface area contributed by atoms with Gasteiger partial charge in [0.15, 0.2) is 6.10 Å². The number of nitrogens with one attached hydrogen (secondary N) is 1. The number of para-hydroxylation sites is 1. The van der Waals surface area contributed by atoms with E-state index in [9.17, 15) is 29.5 Å². The number of piperidine rings is 2. The Bertz CT molecular complexity index is 1600. The summed E-state index contributed by atoms with van der Waals surface area (Å²) in [7, 11) is 3.13. The zero-order valence-electron chi connectivity index (χ0n) is 30.0. The van der Waals surface area contributed by atoms with Crippen molar-refractivity contribution in [1.82, 2.24) is 29.6 Å². The fourth-order valence-corrected chi connectivity index (χ4v) is 8.47. The first-order valence-corrected chi connectivity index (χ1v) is 19.1. The maximum atomic E-state index is 14.1. The molecule has 16 heteroatoms.